The number of rotatable bonds is 4. The molecule has 0 aliphatic heterocycles. The molecule has 86 valence electrons. The molecule has 0 spiro atoms. The number of ether oxygens (including phenoxy) is 1. The van der Waals surface area contributed by atoms with E-state index in [0.29, 0.717) is 13.0 Å². The maximum absolute atomic E-state index is 9.70. The van der Waals surface area contributed by atoms with E-state index in [9.17, 15) is 5.11 Å². The Morgan fingerprint density at radius 3 is 2.94 bits per heavy atom. The van der Waals surface area contributed by atoms with Crippen molar-refractivity contribution in [3.63, 3.8) is 0 Å². The van der Waals surface area contributed by atoms with Crippen molar-refractivity contribution in [1.29, 1.82) is 0 Å². The Balaban J connectivity index is 2.31. The van der Waals surface area contributed by atoms with Crippen LogP contribution in [0, 0.1) is 0 Å². The Morgan fingerprint density at radius 1 is 1.44 bits per heavy atom. The minimum atomic E-state index is -0.497. The lowest BCUT2D eigenvalue weighted by molar-refractivity contribution is 0.0645. The van der Waals surface area contributed by atoms with Gasteiger partial charge in [-0.25, -0.2) is 0 Å². The molecule has 1 aromatic heterocycles. The van der Waals surface area contributed by atoms with Gasteiger partial charge < -0.3 is 9.84 Å². The molecule has 2 rings (SSSR count). The first kappa shape index (κ1) is 11.1. The third-order valence-corrected chi connectivity index (χ3v) is 2.62. The average Bonchev–Trinajstić information content (AvgIpc) is 2.57. The second kappa shape index (κ2) is 4.63. The molecule has 0 radical (unpaired) electrons. The van der Waals surface area contributed by atoms with E-state index in [1.807, 2.05) is 36.0 Å². The zero-order valence-electron chi connectivity index (χ0n) is 9.55. The van der Waals surface area contributed by atoms with Crippen LogP contribution in [0.5, 0.6) is 0 Å². The van der Waals surface area contributed by atoms with Gasteiger partial charge in [-0.05, 0) is 6.07 Å². The zero-order valence-corrected chi connectivity index (χ0v) is 9.55. The standard InChI is InChI=1S/C12H16N2O2/c1-14-12-6-4-3-5-10(12)11(13-14)7-9(15)8-16-2/h3-6,9,15H,7-8H2,1-2H3. The fourth-order valence-corrected chi connectivity index (χ4v) is 1.91. The quantitative estimate of drug-likeness (QED) is 0.840. The number of fused-ring (bicyclic) bond motifs is 1. The van der Waals surface area contributed by atoms with Crippen LogP contribution in [0.2, 0.25) is 0 Å². The van der Waals surface area contributed by atoms with Gasteiger partial charge in [0.1, 0.15) is 0 Å². The topological polar surface area (TPSA) is 47.3 Å². The Kier molecular flexibility index (Phi) is 3.22. The first-order valence-corrected chi connectivity index (χ1v) is 5.30. The summed E-state index contributed by atoms with van der Waals surface area (Å²) in [5, 5.41) is 15.2. The summed E-state index contributed by atoms with van der Waals surface area (Å²) in [6.07, 6.45) is 0.0261. The highest BCUT2D eigenvalue weighted by Gasteiger charge is 2.12. The Bertz CT molecular complexity index is 479. The van der Waals surface area contributed by atoms with E-state index in [2.05, 4.69) is 5.10 Å². The Morgan fingerprint density at radius 2 is 2.19 bits per heavy atom. The molecule has 16 heavy (non-hydrogen) atoms. The summed E-state index contributed by atoms with van der Waals surface area (Å²) < 4.78 is 6.75. The van der Waals surface area contributed by atoms with E-state index >= 15 is 0 Å². The van der Waals surface area contributed by atoms with Crippen LogP contribution in [0.3, 0.4) is 0 Å². The third kappa shape index (κ3) is 2.08. The van der Waals surface area contributed by atoms with Crippen LogP contribution in [-0.4, -0.2) is 34.7 Å². The normalized spacial score (nSPS) is 13.2. The van der Waals surface area contributed by atoms with Crippen molar-refractivity contribution >= 4 is 10.9 Å². The van der Waals surface area contributed by atoms with Crippen molar-refractivity contribution in [1.82, 2.24) is 9.78 Å². The number of hydrogen-bond acceptors (Lipinski definition) is 3. The second-order valence-electron chi connectivity index (χ2n) is 3.90. The third-order valence-electron chi connectivity index (χ3n) is 2.62. The van der Waals surface area contributed by atoms with Gasteiger partial charge in [0.15, 0.2) is 0 Å². The van der Waals surface area contributed by atoms with Crippen LogP contribution < -0.4 is 0 Å². The molecule has 4 nitrogen and oxygen atoms in total. The molecule has 4 heteroatoms. The number of methoxy groups -OCH3 is 1. The minimum absolute atomic E-state index is 0.338. The molecule has 0 saturated carbocycles. The molecular weight excluding hydrogens is 204 g/mol. The number of para-hydroxylation sites is 1. The van der Waals surface area contributed by atoms with Gasteiger partial charge in [-0.15, -0.1) is 0 Å². The van der Waals surface area contributed by atoms with Gasteiger partial charge in [0, 0.05) is 26.0 Å². The predicted molar refractivity (Wildman–Crippen MR) is 62.3 cm³/mol. The average molecular weight is 220 g/mol. The number of hydrogen-bond donors (Lipinski definition) is 1. The number of aryl methyl sites for hydroxylation is 1. The van der Waals surface area contributed by atoms with Crippen molar-refractivity contribution in [3.05, 3.63) is 30.0 Å². The maximum Gasteiger partial charge on any atom is 0.0829 e. The number of benzene rings is 1. The molecule has 0 amide bonds. The lowest BCUT2D eigenvalue weighted by Crippen LogP contribution is -2.17. The van der Waals surface area contributed by atoms with Crippen LogP contribution in [0.1, 0.15) is 5.69 Å². The van der Waals surface area contributed by atoms with Crippen molar-refractivity contribution in [2.24, 2.45) is 7.05 Å². The summed E-state index contributed by atoms with van der Waals surface area (Å²) in [6.45, 7) is 0.338. The summed E-state index contributed by atoms with van der Waals surface area (Å²) in [4.78, 5) is 0. The van der Waals surface area contributed by atoms with Crippen LogP contribution in [0.25, 0.3) is 10.9 Å². The van der Waals surface area contributed by atoms with Gasteiger partial charge in [-0.2, -0.15) is 5.10 Å². The van der Waals surface area contributed by atoms with Gasteiger partial charge in [-0.1, -0.05) is 18.2 Å². The largest absolute Gasteiger partial charge is 0.390 e. The molecule has 1 N–H and O–H groups in total. The lowest BCUT2D eigenvalue weighted by atomic mass is 10.1. The van der Waals surface area contributed by atoms with Crippen molar-refractivity contribution in [2.45, 2.75) is 12.5 Å². The minimum Gasteiger partial charge on any atom is -0.390 e. The highest BCUT2D eigenvalue weighted by Crippen LogP contribution is 2.18. The molecule has 2 aromatic rings. The molecule has 1 atom stereocenters. The van der Waals surface area contributed by atoms with E-state index in [1.54, 1.807) is 7.11 Å². The fraction of sp³-hybridized carbons (Fsp3) is 0.417. The molecule has 1 unspecified atom stereocenters. The van der Waals surface area contributed by atoms with E-state index in [4.69, 9.17) is 4.74 Å². The summed E-state index contributed by atoms with van der Waals surface area (Å²) in [7, 11) is 3.49. The number of nitrogens with zero attached hydrogens (tertiary/aromatic N) is 2. The van der Waals surface area contributed by atoms with Gasteiger partial charge in [-0.3, -0.25) is 4.68 Å². The van der Waals surface area contributed by atoms with Crippen molar-refractivity contribution in [2.75, 3.05) is 13.7 Å². The second-order valence-corrected chi connectivity index (χ2v) is 3.90. The van der Waals surface area contributed by atoms with Gasteiger partial charge in [0.2, 0.25) is 0 Å². The Hall–Kier alpha value is -1.39. The molecule has 1 aromatic carbocycles. The monoisotopic (exact) mass is 220 g/mol. The van der Waals surface area contributed by atoms with E-state index in [0.717, 1.165) is 16.6 Å². The molecule has 1 heterocycles. The Labute approximate surface area is 94.5 Å². The number of aliphatic hydroxyl groups excluding tert-OH is 1. The SMILES string of the molecule is COCC(O)Cc1nn(C)c2ccccc12. The first-order chi connectivity index (χ1) is 7.72. The van der Waals surface area contributed by atoms with E-state index in [-0.39, 0.29) is 0 Å². The molecular formula is C12H16N2O2. The van der Waals surface area contributed by atoms with Gasteiger partial charge in [0.05, 0.1) is 23.9 Å². The van der Waals surface area contributed by atoms with E-state index in [1.165, 1.54) is 0 Å². The first-order valence-electron chi connectivity index (χ1n) is 5.30. The smallest absolute Gasteiger partial charge is 0.0829 e. The van der Waals surface area contributed by atoms with Crippen LogP contribution in [0.15, 0.2) is 24.3 Å². The molecule has 0 aliphatic rings. The molecule has 0 bridgehead atoms. The highest BCUT2D eigenvalue weighted by molar-refractivity contribution is 5.81. The molecule has 0 saturated heterocycles. The van der Waals surface area contributed by atoms with Crippen molar-refractivity contribution in [3.8, 4) is 0 Å². The summed E-state index contributed by atoms with van der Waals surface area (Å²) in [6, 6.07) is 8.02. The fourth-order valence-electron chi connectivity index (χ4n) is 1.91. The molecule has 0 aliphatic carbocycles. The van der Waals surface area contributed by atoms with E-state index < -0.39 is 6.10 Å². The molecule has 0 fully saturated rings. The van der Waals surface area contributed by atoms with Gasteiger partial charge >= 0.3 is 0 Å². The maximum atomic E-state index is 9.70. The number of aliphatic hydroxyl groups is 1. The highest BCUT2D eigenvalue weighted by atomic mass is 16.5. The summed E-state index contributed by atoms with van der Waals surface area (Å²) in [5.41, 5.74) is 2.00. The lowest BCUT2D eigenvalue weighted by Gasteiger charge is -2.06. The summed E-state index contributed by atoms with van der Waals surface area (Å²) in [5.74, 6) is 0. The van der Waals surface area contributed by atoms with Crippen molar-refractivity contribution < 1.29 is 9.84 Å². The zero-order chi connectivity index (χ0) is 11.5. The summed E-state index contributed by atoms with van der Waals surface area (Å²) >= 11 is 0. The van der Waals surface area contributed by atoms with Crippen LogP contribution in [-0.2, 0) is 18.2 Å². The van der Waals surface area contributed by atoms with Crippen LogP contribution >= 0.6 is 0 Å². The van der Waals surface area contributed by atoms with Gasteiger partial charge in [0.25, 0.3) is 0 Å². The number of aromatic nitrogens is 2. The predicted octanol–water partition coefficient (Wildman–Crippen LogP) is 1.12. The van der Waals surface area contributed by atoms with Crippen LogP contribution in [0.4, 0.5) is 0 Å².